The van der Waals surface area contributed by atoms with Gasteiger partial charge in [0.15, 0.2) is 0 Å². The third-order valence-electron chi connectivity index (χ3n) is 2.79. The van der Waals surface area contributed by atoms with E-state index in [1.807, 2.05) is 37.1 Å². The van der Waals surface area contributed by atoms with Crippen LogP contribution >= 0.6 is 0 Å². The van der Waals surface area contributed by atoms with Gasteiger partial charge >= 0.3 is 5.97 Å². The minimum atomic E-state index is -0.201. The van der Waals surface area contributed by atoms with E-state index < -0.39 is 0 Å². The lowest BCUT2D eigenvalue weighted by atomic mass is 10.1. The van der Waals surface area contributed by atoms with Gasteiger partial charge in [0.2, 0.25) is 0 Å². The average Bonchev–Trinajstić information content (AvgIpc) is 2.38. The van der Waals surface area contributed by atoms with Gasteiger partial charge in [0.1, 0.15) is 6.07 Å². The lowest BCUT2D eigenvalue weighted by Crippen LogP contribution is -2.20. The highest BCUT2D eigenvalue weighted by Gasteiger charge is 2.08. The Morgan fingerprint density at radius 2 is 2.22 bits per heavy atom. The van der Waals surface area contributed by atoms with Crippen LogP contribution in [-0.2, 0) is 9.53 Å². The van der Waals surface area contributed by atoms with Crippen LogP contribution in [0.1, 0.15) is 24.0 Å². The second-order valence-corrected chi connectivity index (χ2v) is 4.23. The van der Waals surface area contributed by atoms with Gasteiger partial charge in [0, 0.05) is 20.0 Å². The normalized spacial score (nSPS) is 9.67. The van der Waals surface area contributed by atoms with E-state index in [4.69, 9.17) is 5.26 Å². The number of rotatable bonds is 5. The van der Waals surface area contributed by atoms with Crippen LogP contribution in [0.3, 0.4) is 0 Å². The van der Waals surface area contributed by atoms with Crippen LogP contribution in [-0.4, -0.2) is 26.7 Å². The molecule has 0 saturated heterocycles. The van der Waals surface area contributed by atoms with Crippen molar-refractivity contribution < 1.29 is 9.53 Å². The zero-order valence-corrected chi connectivity index (χ0v) is 11.1. The third kappa shape index (κ3) is 3.77. The number of nitriles is 1. The quantitative estimate of drug-likeness (QED) is 0.748. The average molecular weight is 246 g/mol. The van der Waals surface area contributed by atoms with Gasteiger partial charge in [-0.3, -0.25) is 4.79 Å². The lowest BCUT2D eigenvalue weighted by Gasteiger charge is -2.20. The molecule has 0 radical (unpaired) electrons. The molecule has 0 aromatic heterocycles. The number of anilines is 1. The molecule has 0 aliphatic rings. The monoisotopic (exact) mass is 246 g/mol. The molecule has 0 heterocycles. The Morgan fingerprint density at radius 1 is 1.50 bits per heavy atom. The number of hydrogen-bond acceptors (Lipinski definition) is 4. The summed E-state index contributed by atoms with van der Waals surface area (Å²) in [7, 11) is 3.31. The minimum Gasteiger partial charge on any atom is -0.469 e. The number of nitrogens with zero attached hydrogens (tertiary/aromatic N) is 2. The summed E-state index contributed by atoms with van der Waals surface area (Å²) in [6, 6.07) is 7.91. The molecule has 1 rings (SSSR count). The second-order valence-electron chi connectivity index (χ2n) is 4.23. The van der Waals surface area contributed by atoms with Crippen molar-refractivity contribution in [1.82, 2.24) is 0 Å². The number of methoxy groups -OCH3 is 1. The molecule has 0 aliphatic carbocycles. The highest BCUT2D eigenvalue weighted by atomic mass is 16.5. The van der Waals surface area contributed by atoms with Crippen LogP contribution in [0.15, 0.2) is 18.2 Å². The first-order valence-corrected chi connectivity index (χ1v) is 5.87. The molecule has 0 saturated carbocycles. The smallest absolute Gasteiger partial charge is 0.305 e. The SMILES string of the molecule is COC(=O)CCCN(C)c1cc(C)ccc1C#N. The summed E-state index contributed by atoms with van der Waals surface area (Å²) < 4.78 is 4.59. The lowest BCUT2D eigenvalue weighted by molar-refractivity contribution is -0.140. The molecule has 0 bridgehead atoms. The predicted molar refractivity (Wildman–Crippen MR) is 70.4 cm³/mol. The van der Waals surface area contributed by atoms with Gasteiger partial charge in [0.05, 0.1) is 18.4 Å². The van der Waals surface area contributed by atoms with Crippen molar-refractivity contribution in [2.24, 2.45) is 0 Å². The Morgan fingerprint density at radius 3 is 2.83 bits per heavy atom. The molecule has 1 aromatic carbocycles. The third-order valence-corrected chi connectivity index (χ3v) is 2.79. The summed E-state index contributed by atoms with van der Waals surface area (Å²) in [4.78, 5) is 13.0. The van der Waals surface area contributed by atoms with Crippen molar-refractivity contribution in [3.05, 3.63) is 29.3 Å². The molecule has 0 unspecified atom stereocenters. The minimum absolute atomic E-state index is 0.201. The van der Waals surface area contributed by atoms with E-state index in [2.05, 4.69) is 10.8 Å². The Labute approximate surface area is 108 Å². The van der Waals surface area contributed by atoms with E-state index in [0.717, 1.165) is 11.3 Å². The standard InChI is InChI=1S/C14H18N2O2/c1-11-6-7-12(10-15)13(9-11)16(2)8-4-5-14(17)18-3/h6-7,9H,4-5,8H2,1-3H3. The van der Waals surface area contributed by atoms with Crippen molar-refractivity contribution in [2.45, 2.75) is 19.8 Å². The van der Waals surface area contributed by atoms with Gasteiger partial charge < -0.3 is 9.64 Å². The number of carbonyl (C=O) groups is 1. The van der Waals surface area contributed by atoms with Crippen LogP contribution in [0, 0.1) is 18.3 Å². The number of hydrogen-bond donors (Lipinski definition) is 0. The zero-order valence-electron chi connectivity index (χ0n) is 11.1. The summed E-state index contributed by atoms with van der Waals surface area (Å²) in [6.45, 7) is 2.71. The maximum atomic E-state index is 11.0. The van der Waals surface area contributed by atoms with Crippen LogP contribution in [0.4, 0.5) is 5.69 Å². The van der Waals surface area contributed by atoms with Crippen molar-refractivity contribution in [3.63, 3.8) is 0 Å². The summed E-state index contributed by atoms with van der Waals surface area (Å²) in [5, 5.41) is 9.06. The van der Waals surface area contributed by atoms with Gasteiger partial charge in [-0.05, 0) is 31.0 Å². The van der Waals surface area contributed by atoms with Crippen molar-refractivity contribution >= 4 is 11.7 Å². The van der Waals surface area contributed by atoms with Crippen molar-refractivity contribution in [2.75, 3.05) is 25.6 Å². The van der Waals surface area contributed by atoms with Crippen molar-refractivity contribution in [3.8, 4) is 6.07 Å². The Bertz CT molecular complexity index is 463. The van der Waals surface area contributed by atoms with E-state index in [-0.39, 0.29) is 5.97 Å². The molecule has 0 spiro atoms. The van der Waals surface area contributed by atoms with E-state index >= 15 is 0 Å². The largest absolute Gasteiger partial charge is 0.469 e. The Kier molecular flexibility index (Phi) is 5.19. The highest BCUT2D eigenvalue weighted by molar-refractivity contribution is 5.69. The van der Waals surface area contributed by atoms with E-state index in [1.165, 1.54) is 7.11 Å². The molecular weight excluding hydrogens is 228 g/mol. The Hall–Kier alpha value is -2.02. The first-order chi connectivity index (χ1) is 8.58. The maximum absolute atomic E-state index is 11.0. The van der Waals surface area contributed by atoms with Crippen LogP contribution < -0.4 is 4.90 Å². The topological polar surface area (TPSA) is 53.3 Å². The molecule has 1 aromatic rings. The molecule has 96 valence electrons. The van der Waals surface area contributed by atoms with E-state index in [0.29, 0.717) is 24.9 Å². The highest BCUT2D eigenvalue weighted by Crippen LogP contribution is 2.20. The van der Waals surface area contributed by atoms with Crippen LogP contribution in [0.2, 0.25) is 0 Å². The maximum Gasteiger partial charge on any atom is 0.305 e. The fourth-order valence-electron chi connectivity index (χ4n) is 1.74. The number of ether oxygens (including phenoxy) is 1. The molecule has 0 aliphatic heterocycles. The molecule has 0 fully saturated rings. The van der Waals surface area contributed by atoms with E-state index in [9.17, 15) is 4.79 Å². The Balaban J connectivity index is 2.66. The summed E-state index contributed by atoms with van der Waals surface area (Å²) in [5.74, 6) is -0.201. The summed E-state index contributed by atoms with van der Waals surface area (Å²) in [6.07, 6.45) is 1.11. The number of carbonyl (C=O) groups excluding carboxylic acids is 1. The van der Waals surface area contributed by atoms with Gasteiger partial charge in [-0.1, -0.05) is 6.07 Å². The molecule has 4 heteroatoms. The van der Waals surface area contributed by atoms with Crippen LogP contribution in [0.5, 0.6) is 0 Å². The molecule has 4 nitrogen and oxygen atoms in total. The fraction of sp³-hybridized carbons (Fsp3) is 0.429. The number of aryl methyl sites for hydroxylation is 1. The first kappa shape index (κ1) is 14.0. The fourth-order valence-corrected chi connectivity index (χ4v) is 1.74. The van der Waals surface area contributed by atoms with Crippen molar-refractivity contribution in [1.29, 1.82) is 5.26 Å². The molecular formula is C14H18N2O2. The van der Waals surface area contributed by atoms with Gasteiger partial charge in [0.25, 0.3) is 0 Å². The molecule has 0 atom stereocenters. The van der Waals surface area contributed by atoms with E-state index in [1.54, 1.807) is 0 Å². The van der Waals surface area contributed by atoms with Crippen LogP contribution in [0.25, 0.3) is 0 Å². The summed E-state index contributed by atoms with van der Waals surface area (Å²) in [5.41, 5.74) is 2.67. The first-order valence-electron chi connectivity index (χ1n) is 5.87. The zero-order chi connectivity index (χ0) is 13.5. The molecule has 0 N–H and O–H groups in total. The predicted octanol–water partition coefficient (Wildman–Crippen LogP) is 2.26. The van der Waals surface area contributed by atoms with Gasteiger partial charge in [-0.25, -0.2) is 0 Å². The van der Waals surface area contributed by atoms with Gasteiger partial charge in [-0.2, -0.15) is 5.26 Å². The number of esters is 1. The second kappa shape index (κ2) is 6.65. The molecule has 18 heavy (non-hydrogen) atoms. The van der Waals surface area contributed by atoms with Gasteiger partial charge in [-0.15, -0.1) is 0 Å². The number of benzene rings is 1. The molecule has 0 amide bonds. The summed E-state index contributed by atoms with van der Waals surface area (Å²) >= 11 is 0.